The summed E-state index contributed by atoms with van der Waals surface area (Å²) < 4.78 is 14.2. The first-order valence-electron chi connectivity index (χ1n) is 9.19. The Morgan fingerprint density at radius 3 is 2.77 bits per heavy atom. The van der Waals surface area contributed by atoms with Crippen LogP contribution in [0.4, 0.5) is 4.39 Å². The minimum atomic E-state index is -0.454. The van der Waals surface area contributed by atoms with Gasteiger partial charge in [-0.05, 0) is 49.1 Å². The lowest BCUT2D eigenvalue weighted by molar-refractivity contribution is 0.0546. The Labute approximate surface area is 152 Å². The van der Waals surface area contributed by atoms with Crippen molar-refractivity contribution in [2.75, 3.05) is 13.1 Å². The summed E-state index contributed by atoms with van der Waals surface area (Å²) in [4.78, 5) is 19.0. The number of halogens is 1. The quantitative estimate of drug-likeness (QED) is 0.889. The first-order valence-corrected chi connectivity index (χ1v) is 9.19. The lowest BCUT2D eigenvalue weighted by Gasteiger charge is -2.41. The van der Waals surface area contributed by atoms with E-state index in [2.05, 4.69) is 15.8 Å². The Kier molecular flexibility index (Phi) is 4.95. The first kappa shape index (κ1) is 17.1. The zero-order chi connectivity index (χ0) is 17.9. The largest absolute Gasteiger partial charge is 0.334 e. The van der Waals surface area contributed by atoms with Crippen LogP contribution in [0.5, 0.6) is 0 Å². The monoisotopic (exact) mass is 354 g/mol. The van der Waals surface area contributed by atoms with Gasteiger partial charge in [0.1, 0.15) is 5.82 Å². The van der Waals surface area contributed by atoms with Crippen LogP contribution in [0.2, 0.25) is 0 Å². The summed E-state index contributed by atoms with van der Waals surface area (Å²) in [6, 6.07) is 10.4. The molecule has 1 aromatic carbocycles. The van der Waals surface area contributed by atoms with Crippen LogP contribution >= 0.6 is 0 Å². The Morgan fingerprint density at radius 2 is 1.96 bits per heavy atom. The lowest BCUT2D eigenvalue weighted by Crippen LogP contribution is -2.55. The van der Waals surface area contributed by atoms with E-state index in [9.17, 15) is 9.18 Å². The van der Waals surface area contributed by atoms with Gasteiger partial charge in [-0.1, -0.05) is 12.1 Å². The maximum atomic E-state index is 14.2. The van der Waals surface area contributed by atoms with E-state index in [0.717, 1.165) is 25.8 Å². The third-order valence-corrected chi connectivity index (χ3v) is 5.49. The number of aromatic nitrogens is 1. The molecule has 26 heavy (non-hydrogen) atoms. The average molecular weight is 354 g/mol. The van der Waals surface area contributed by atoms with Gasteiger partial charge in [0.05, 0.1) is 5.56 Å². The normalized spacial score (nSPS) is 26.0. The van der Waals surface area contributed by atoms with Gasteiger partial charge in [0.15, 0.2) is 0 Å². The van der Waals surface area contributed by atoms with E-state index in [0.29, 0.717) is 6.54 Å². The third kappa shape index (κ3) is 3.22. The molecule has 6 heteroatoms. The number of piperidine rings is 1. The van der Waals surface area contributed by atoms with Gasteiger partial charge in [0.2, 0.25) is 0 Å². The van der Waals surface area contributed by atoms with E-state index in [1.807, 2.05) is 17.0 Å². The number of pyridine rings is 1. The van der Waals surface area contributed by atoms with Gasteiger partial charge >= 0.3 is 0 Å². The number of likely N-dealkylation sites (tertiary alicyclic amines) is 1. The molecule has 3 heterocycles. The van der Waals surface area contributed by atoms with Crippen molar-refractivity contribution in [2.45, 2.75) is 37.3 Å². The fourth-order valence-corrected chi connectivity index (χ4v) is 4.19. The third-order valence-electron chi connectivity index (χ3n) is 5.49. The molecule has 0 radical (unpaired) electrons. The smallest absolute Gasteiger partial charge is 0.257 e. The first-order chi connectivity index (χ1) is 12.8. The Hall–Kier alpha value is -2.31. The molecule has 0 bridgehead atoms. The van der Waals surface area contributed by atoms with E-state index >= 15 is 0 Å². The van der Waals surface area contributed by atoms with Gasteiger partial charge in [0.25, 0.3) is 5.91 Å². The summed E-state index contributed by atoms with van der Waals surface area (Å²) in [5.41, 5.74) is 7.97. The maximum Gasteiger partial charge on any atom is 0.257 e. The highest BCUT2D eigenvalue weighted by molar-refractivity contribution is 5.94. The zero-order valence-electron chi connectivity index (χ0n) is 14.6. The molecule has 0 spiro atoms. The Balaban J connectivity index is 1.61. The molecular weight excluding hydrogens is 331 g/mol. The van der Waals surface area contributed by atoms with Crippen LogP contribution in [0, 0.1) is 5.82 Å². The fraction of sp³-hybridized carbons (Fsp3) is 0.400. The summed E-state index contributed by atoms with van der Waals surface area (Å²) in [6.07, 6.45) is 6.55. The summed E-state index contributed by atoms with van der Waals surface area (Å²) in [7, 11) is 0. The van der Waals surface area contributed by atoms with Gasteiger partial charge in [-0.15, -0.1) is 0 Å². The molecule has 2 fully saturated rings. The molecule has 3 atom stereocenters. The number of carbonyl (C=O) groups is 1. The van der Waals surface area contributed by atoms with Crippen LogP contribution in [0.25, 0.3) is 0 Å². The molecule has 0 saturated carbocycles. The molecule has 1 aromatic heterocycles. The molecule has 0 aliphatic carbocycles. The summed E-state index contributed by atoms with van der Waals surface area (Å²) >= 11 is 0. The highest BCUT2D eigenvalue weighted by Crippen LogP contribution is 2.31. The molecule has 4 rings (SSSR count). The van der Waals surface area contributed by atoms with Crippen molar-refractivity contribution in [1.82, 2.24) is 20.7 Å². The van der Waals surface area contributed by atoms with Crippen LogP contribution in [0.1, 0.15) is 41.1 Å². The number of amides is 1. The van der Waals surface area contributed by atoms with Gasteiger partial charge in [-0.3, -0.25) is 20.6 Å². The fourth-order valence-electron chi connectivity index (χ4n) is 4.19. The number of hydrogen-bond donors (Lipinski definition) is 2. The van der Waals surface area contributed by atoms with Crippen molar-refractivity contribution in [3.05, 3.63) is 65.7 Å². The predicted molar refractivity (Wildman–Crippen MR) is 97.0 cm³/mol. The zero-order valence-corrected chi connectivity index (χ0v) is 14.6. The van der Waals surface area contributed by atoms with Crippen LogP contribution in [-0.2, 0) is 0 Å². The number of rotatable bonds is 3. The number of nitrogens with zero attached hydrogens (tertiary/aromatic N) is 2. The highest BCUT2D eigenvalue weighted by atomic mass is 19.1. The minimum Gasteiger partial charge on any atom is -0.334 e. The lowest BCUT2D eigenvalue weighted by atomic mass is 9.84. The molecule has 5 nitrogen and oxygen atoms in total. The standard InChI is InChI=1S/C20H23FN4O/c21-17-6-2-1-5-15(17)20(26)25-12-4-3-7-18(25)19-16(13-23-24-19)14-8-10-22-11-9-14/h1-2,5-6,8-11,16,18-19,23-24H,3-4,7,12-13H2. The Bertz CT molecular complexity index is 769. The van der Waals surface area contributed by atoms with Gasteiger partial charge in [-0.2, -0.15) is 0 Å². The van der Waals surface area contributed by atoms with E-state index < -0.39 is 5.82 Å². The summed E-state index contributed by atoms with van der Waals surface area (Å²) in [6.45, 7) is 1.46. The Morgan fingerprint density at radius 1 is 1.15 bits per heavy atom. The molecule has 3 unspecified atom stereocenters. The van der Waals surface area contributed by atoms with E-state index in [1.54, 1.807) is 30.6 Å². The second kappa shape index (κ2) is 7.51. The van der Waals surface area contributed by atoms with Crippen molar-refractivity contribution in [1.29, 1.82) is 0 Å². The van der Waals surface area contributed by atoms with Crippen LogP contribution in [0.3, 0.4) is 0 Å². The molecular formula is C20H23FN4O. The molecule has 2 aliphatic rings. The predicted octanol–water partition coefficient (Wildman–Crippen LogP) is 2.48. The second-order valence-corrected chi connectivity index (χ2v) is 6.98. The summed E-state index contributed by atoms with van der Waals surface area (Å²) in [5.74, 6) is -0.419. The second-order valence-electron chi connectivity index (χ2n) is 6.98. The number of benzene rings is 1. The van der Waals surface area contributed by atoms with Crippen LogP contribution < -0.4 is 10.9 Å². The summed E-state index contributed by atoms with van der Waals surface area (Å²) in [5, 5.41) is 0. The number of hydrogen-bond acceptors (Lipinski definition) is 4. The van der Waals surface area contributed by atoms with Gasteiger partial charge in [-0.25, -0.2) is 4.39 Å². The molecule has 1 amide bonds. The molecule has 2 N–H and O–H groups in total. The number of hydrazine groups is 1. The molecule has 136 valence electrons. The van der Waals surface area contributed by atoms with Crippen molar-refractivity contribution in [2.24, 2.45) is 0 Å². The number of carbonyl (C=O) groups excluding carboxylic acids is 1. The van der Waals surface area contributed by atoms with E-state index in [-0.39, 0.29) is 29.5 Å². The van der Waals surface area contributed by atoms with Crippen LogP contribution in [0.15, 0.2) is 48.8 Å². The van der Waals surface area contributed by atoms with Crippen molar-refractivity contribution >= 4 is 5.91 Å². The minimum absolute atomic E-state index is 0.0315. The molecule has 2 aromatic rings. The number of nitrogens with one attached hydrogen (secondary N) is 2. The highest BCUT2D eigenvalue weighted by Gasteiger charge is 2.40. The van der Waals surface area contributed by atoms with Crippen LogP contribution in [-0.4, -0.2) is 41.0 Å². The molecule has 2 saturated heterocycles. The van der Waals surface area contributed by atoms with Crippen molar-refractivity contribution in [3.63, 3.8) is 0 Å². The topological polar surface area (TPSA) is 57.3 Å². The van der Waals surface area contributed by atoms with Crippen molar-refractivity contribution in [3.8, 4) is 0 Å². The average Bonchev–Trinajstić information content (AvgIpc) is 3.18. The van der Waals surface area contributed by atoms with Gasteiger partial charge in [0, 0.05) is 43.5 Å². The van der Waals surface area contributed by atoms with E-state index in [1.165, 1.54) is 11.6 Å². The van der Waals surface area contributed by atoms with Crippen molar-refractivity contribution < 1.29 is 9.18 Å². The maximum absolute atomic E-state index is 14.2. The molecule has 2 aliphatic heterocycles. The van der Waals surface area contributed by atoms with E-state index in [4.69, 9.17) is 0 Å². The SMILES string of the molecule is O=C(c1ccccc1F)N1CCCCC1C1NNCC1c1ccncc1. The van der Waals surface area contributed by atoms with Gasteiger partial charge < -0.3 is 4.90 Å².